The molecule has 1 saturated carbocycles. The van der Waals surface area contributed by atoms with Crippen LogP contribution in [-0.2, 0) is 16.1 Å². The number of hydrogen-bond donors (Lipinski definition) is 2. The maximum Gasteiger partial charge on any atom is 0.241 e. The zero-order valence-electron chi connectivity index (χ0n) is 18.7. The minimum atomic E-state index is -0.0770. The molecule has 0 radical (unpaired) electrons. The predicted octanol–water partition coefficient (Wildman–Crippen LogP) is 1.69. The summed E-state index contributed by atoms with van der Waals surface area (Å²) in [6.07, 6.45) is 3.35. The summed E-state index contributed by atoms with van der Waals surface area (Å²) in [5.41, 5.74) is 4.38. The predicted molar refractivity (Wildman–Crippen MR) is 117 cm³/mol. The molecule has 4 rings (SSSR count). The molecule has 1 aliphatic carbocycles. The van der Waals surface area contributed by atoms with Crippen molar-refractivity contribution in [1.29, 1.82) is 0 Å². The molecule has 0 aromatic heterocycles. The summed E-state index contributed by atoms with van der Waals surface area (Å²) in [5, 5.41) is 5.27. The lowest BCUT2D eigenvalue weighted by molar-refractivity contribution is -0.155. The zero-order chi connectivity index (χ0) is 22.0. The van der Waals surface area contributed by atoms with E-state index in [2.05, 4.69) is 15.8 Å². The van der Waals surface area contributed by atoms with E-state index in [0.29, 0.717) is 43.7 Å². The van der Waals surface area contributed by atoms with Gasteiger partial charge in [0.15, 0.2) is 11.5 Å². The van der Waals surface area contributed by atoms with Crippen LogP contribution in [0.5, 0.6) is 11.5 Å². The second kappa shape index (κ2) is 9.44. The summed E-state index contributed by atoms with van der Waals surface area (Å²) in [4.78, 5) is 27.9. The molecule has 3 aliphatic rings. The van der Waals surface area contributed by atoms with Crippen LogP contribution in [0.4, 0.5) is 0 Å². The number of hydrogen-bond acceptors (Lipinski definition) is 6. The molecule has 0 spiro atoms. The van der Waals surface area contributed by atoms with Crippen molar-refractivity contribution in [3.8, 4) is 11.5 Å². The number of carbonyl (C=O) groups excluding carboxylic acids is 2. The molecule has 4 unspecified atom stereocenters. The molecule has 2 heterocycles. The zero-order valence-corrected chi connectivity index (χ0v) is 18.7. The maximum absolute atomic E-state index is 13.0. The molecule has 1 aromatic rings. The Kier molecular flexibility index (Phi) is 6.67. The number of rotatable bonds is 7. The van der Waals surface area contributed by atoms with E-state index in [0.717, 1.165) is 31.4 Å². The van der Waals surface area contributed by atoms with Gasteiger partial charge in [0.2, 0.25) is 11.8 Å². The van der Waals surface area contributed by atoms with E-state index in [9.17, 15) is 9.59 Å². The molecular weight excluding hydrogens is 396 g/mol. The number of ether oxygens (including phenoxy) is 2. The average Bonchev–Trinajstić information content (AvgIpc) is 3.28. The van der Waals surface area contributed by atoms with Crippen molar-refractivity contribution in [2.45, 2.75) is 64.2 Å². The Labute approximate surface area is 184 Å². The monoisotopic (exact) mass is 430 g/mol. The van der Waals surface area contributed by atoms with Crippen LogP contribution < -0.4 is 20.2 Å². The number of nitrogens with one attached hydrogen (secondary N) is 2. The largest absolute Gasteiger partial charge is 0.493 e. The first-order chi connectivity index (χ1) is 15.1. The molecule has 170 valence electrons. The van der Waals surface area contributed by atoms with Crippen LogP contribution in [0, 0.1) is 5.92 Å². The smallest absolute Gasteiger partial charge is 0.241 e. The molecule has 2 saturated heterocycles. The van der Waals surface area contributed by atoms with Gasteiger partial charge in [0, 0.05) is 37.6 Å². The highest BCUT2D eigenvalue weighted by Crippen LogP contribution is 2.37. The van der Waals surface area contributed by atoms with Crippen molar-refractivity contribution in [3.05, 3.63) is 23.8 Å². The van der Waals surface area contributed by atoms with Gasteiger partial charge in [0.05, 0.1) is 13.7 Å². The van der Waals surface area contributed by atoms with Gasteiger partial charge >= 0.3 is 0 Å². The summed E-state index contributed by atoms with van der Waals surface area (Å²) in [6, 6.07) is 6.07. The molecule has 31 heavy (non-hydrogen) atoms. The highest BCUT2D eigenvalue weighted by atomic mass is 16.5. The van der Waals surface area contributed by atoms with Gasteiger partial charge in [-0.25, -0.2) is 5.01 Å². The van der Waals surface area contributed by atoms with Gasteiger partial charge in [-0.2, -0.15) is 0 Å². The standard InChI is InChI=1S/C23H34N4O4/c1-4-26-19-13-16(7-8-17(19)27-18(23(26)29)10-11-25-27)22(28)24-14-15-6-9-20(30-3)21(12-15)31-5-2/h6,9,12,16-19,25H,4-5,7-8,10-11,13-14H2,1-3H3,(H,24,28). The van der Waals surface area contributed by atoms with Crippen molar-refractivity contribution in [1.82, 2.24) is 20.7 Å². The molecule has 0 bridgehead atoms. The molecule has 3 fully saturated rings. The van der Waals surface area contributed by atoms with E-state index in [1.807, 2.05) is 36.9 Å². The minimum absolute atomic E-state index is 0.0406. The van der Waals surface area contributed by atoms with Crippen molar-refractivity contribution >= 4 is 11.8 Å². The number of amides is 2. The molecule has 2 N–H and O–H groups in total. The first-order valence-electron chi connectivity index (χ1n) is 11.5. The lowest BCUT2D eigenvalue weighted by Gasteiger charge is -2.51. The van der Waals surface area contributed by atoms with Crippen LogP contribution >= 0.6 is 0 Å². The van der Waals surface area contributed by atoms with Crippen molar-refractivity contribution in [3.63, 3.8) is 0 Å². The molecule has 8 heteroatoms. The lowest BCUT2D eigenvalue weighted by atomic mass is 9.78. The third-order valence-electron chi connectivity index (χ3n) is 6.86. The summed E-state index contributed by atoms with van der Waals surface area (Å²) in [6.45, 7) is 6.52. The van der Waals surface area contributed by atoms with Gasteiger partial charge < -0.3 is 19.7 Å². The second-order valence-electron chi connectivity index (χ2n) is 8.52. The Balaban J connectivity index is 1.39. The number of piperazine rings is 1. The Morgan fingerprint density at radius 2 is 2.03 bits per heavy atom. The Hall–Kier alpha value is -2.32. The Morgan fingerprint density at radius 3 is 2.77 bits per heavy atom. The van der Waals surface area contributed by atoms with E-state index in [1.54, 1.807) is 7.11 Å². The van der Waals surface area contributed by atoms with Crippen LogP contribution in [0.2, 0.25) is 0 Å². The Bertz CT molecular complexity index is 817. The van der Waals surface area contributed by atoms with Gasteiger partial charge in [-0.3, -0.25) is 15.0 Å². The normalized spacial score (nSPS) is 28.1. The first kappa shape index (κ1) is 21.9. The van der Waals surface area contributed by atoms with Crippen LogP contribution in [-0.4, -0.2) is 66.7 Å². The number of benzene rings is 1. The molecule has 8 nitrogen and oxygen atoms in total. The van der Waals surface area contributed by atoms with E-state index >= 15 is 0 Å². The third kappa shape index (κ3) is 4.23. The van der Waals surface area contributed by atoms with Gasteiger partial charge in [0.1, 0.15) is 6.04 Å². The fraction of sp³-hybridized carbons (Fsp3) is 0.652. The fourth-order valence-electron chi connectivity index (χ4n) is 5.38. The summed E-state index contributed by atoms with van der Waals surface area (Å²) in [5.74, 6) is 1.56. The molecule has 2 aliphatic heterocycles. The molecule has 1 aromatic carbocycles. The Morgan fingerprint density at radius 1 is 1.19 bits per heavy atom. The van der Waals surface area contributed by atoms with Crippen LogP contribution in [0.15, 0.2) is 18.2 Å². The third-order valence-corrected chi connectivity index (χ3v) is 6.86. The minimum Gasteiger partial charge on any atom is -0.493 e. The number of hydrazine groups is 1. The number of fused-ring (bicyclic) bond motifs is 3. The fourth-order valence-corrected chi connectivity index (χ4v) is 5.38. The van der Waals surface area contributed by atoms with Crippen LogP contribution in [0.3, 0.4) is 0 Å². The van der Waals surface area contributed by atoms with E-state index in [4.69, 9.17) is 9.47 Å². The van der Waals surface area contributed by atoms with Crippen molar-refractivity contribution < 1.29 is 19.1 Å². The molecule has 2 amide bonds. The summed E-state index contributed by atoms with van der Waals surface area (Å²) < 4.78 is 11.0. The van der Waals surface area contributed by atoms with Gasteiger partial charge in [-0.05, 0) is 57.2 Å². The van der Waals surface area contributed by atoms with Crippen molar-refractivity contribution in [2.24, 2.45) is 5.92 Å². The maximum atomic E-state index is 13.0. The second-order valence-corrected chi connectivity index (χ2v) is 8.52. The van der Waals surface area contributed by atoms with Crippen LogP contribution in [0.1, 0.15) is 45.1 Å². The van der Waals surface area contributed by atoms with Crippen molar-refractivity contribution in [2.75, 3.05) is 26.8 Å². The number of likely N-dealkylation sites (N-methyl/N-ethyl adjacent to an activating group) is 1. The highest BCUT2D eigenvalue weighted by molar-refractivity contribution is 5.84. The van der Waals surface area contributed by atoms with Gasteiger partial charge in [-0.1, -0.05) is 6.07 Å². The highest BCUT2D eigenvalue weighted by Gasteiger charge is 2.50. The summed E-state index contributed by atoms with van der Waals surface area (Å²) in [7, 11) is 1.62. The number of methoxy groups -OCH3 is 1. The van der Waals surface area contributed by atoms with Gasteiger partial charge in [-0.15, -0.1) is 0 Å². The summed E-state index contributed by atoms with van der Waals surface area (Å²) >= 11 is 0. The van der Waals surface area contributed by atoms with E-state index in [1.165, 1.54) is 0 Å². The topological polar surface area (TPSA) is 83.1 Å². The van der Waals surface area contributed by atoms with E-state index in [-0.39, 0.29) is 29.8 Å². The first-order valence-corrected chi connectivity index (χ1v) is 11.5. The molecule has 4 atom stereocenters. The van der Waals surface area contributed by atoms with Gasteiger partial charge in [0.25, 0.3) is 0 Å². The number of carbonyl (C=O) groups is 2. The number of nitrogens with zero attached hydrogens (tertiary/aromatic N) is 2. The quantitative estimate of drug-likeness (QED) is 0.685. The SMILES string of the molecule is CCOc1cc(CNC(=O)C2CCC3C(C2)N(CC)C(=O)C2CCNN23)ccc1OC. The van der Waals surface area contributed by atoms with Crippen LogP contribution in [0.25, 0.3) is 0 Å². The lowest BCUT2D eigenvalue weighted by Crippen LogP contribution is -2.68. The molecular formula is C23H34N4O4. The average molecular weight is 431 g/mol. The van der Waals surface area contributed by atoms with E-state index < -0.39 is 0 Å².